The molecule has 0 fully saturated rings. The summed E-state index contributed by atoms with van der Waals surface area (Å²) in [6, 6.07) is 11.7. The summed E-state index contributed by atoms with van der Waals surface area (Å²) in [6.07, 6.45) is 1.61. The Kier molecular flexibility index (Phi) is 6.21. The molecule has 0 spiro atoms. The molecular weight excluding hydrogens is 387 g/mol. The maximum atomic E-state index is 13.8. The van der Waals surface area contributed by atoms with Crippen LogP contribution in [-0.4, -0.2) is 17.4 Å². The van der Waals surface area contributed by atoms with Crippen LogP contribution < -0.4 is 10.1 Å². The van der Waals surface area contributed by atoms with Crippen LogP contribution in [0.25, 0.3) is 10.6 Å². The maximum Gasteiger partial charge on any atom is 0.271 e. The van der Waals surface area contributed by atoms with Gasteiger partial charge in [0.1, 0.15) is 28.9 Å². The number of aromatic nitrogens is 1. The van der Waals surface area contributed by atoms with Crippen LogP contribution in [0.2, 0.25) is 5.02 Å². The average molecular weight is 403 g/mol. The molecule has 2 aromatic carbocycles. The zero-order valence-electron chi connectivity index (χ0n) is 14.2. The van der Waals surface area contributed by atoms with Crippen molar-refractivity contribution in [3.8, 4) is 16.3 Å². The lowest BCUT2D eigenvalue weighted by atomic mass is 10.2. The van der Waals surface area contributed by atoms with Crippen molar-refractivity contribution in [1.29, 1.82) is 0 Å². The number of benzene rings is 2. The molecule has 0 saturated heterocycles. The molecule has 1 amide bonds. The van der Waals surface area contributed by atoms with Crippen molar-refractivity contribution in [1.82, 2.24) is 10.3 Å². The van der Waals surface area contributed by atoms with Crippen LogP contribution in [0.4, 0.5) is 4.39 Å². The molecule has 1 heterocycles. The van der Waals surface area contributed by atoms with Crippen LogP contribution in [0.15, 0.2) is 60.5 Å². The largest absolute Gasteiger partial charge is 0.489 e. The van der Waals surface area contributed by atoms with Crippen molar-refractivity contribution in [2.45, 2.75) is 6.61 Å². The van der Waals surface area contributed by atoms with Gasteiger partial charge in [0.15, 0.2) is 0 Å². The maximum absolute atomic E-state index is 13.8. The summed E-state index contributed by atoms with van der Waals surface area (Å²) >= 11 is 7.37. The Balaban J connectivity index is 1.66. The zero-order valence-corrected chi connectivity index (χ0v) is 15.8. The first kappa shape index (κ1) is 19.1. The molecule has 3 rings (SSSR count). The Hall–Kier alpha value is -2.70. The first-order valence-electron chi connectivity index (χ1n) is 8.09. The molecule has 27 heavy (non-hydrogen) atoms. The van der Waals surface area contributed by atoms with Gasteiger partial charge in [-0.1, -0.05) is 23.7 Å². The number of thiazole rings is 1. The minimum atomic E-state index is -0.399. The normalized spacial score (nSPS) is 10.4. The van der Waals surface area contributed by atoms with Gasteiger partial charge in [-0.05, 0) is 36.4 Å². The van der Waals surface area contributed by atoms with Crippen LogP contribution in [0, 0.1) is 5.82 Å². The summed E-state index contributed by atoms with van der Waals surface area (Å²) in [5.74, 6) is -0.0538. The first-order valence-corrected chi connectivity index (χ1v) is 9.35. The predicted octanol–water partition coefficient (Wildman–Crippen LogP) is 5.10. The van der Waals surface area contributed by atoms with E-state index < -0.39 is 5.82 Å². The second-order valence-electron chi connectivity index (χ2n) is 5.55. The van der Waals surface area contributed by atoms with E-state index in [1.165, 1.54) is 17.4 Å². The molecule has 7 heteroatoms. The van der Waals surface area contributed by atoms with Crippen molar-refractivity contribution in [2.75, 3.05) is 6.54 Å². The average Bonchev–Trinajstić information content (AvgIpc) is 3.16. The summed E-state index contributed by atoms with van der Waals surface area (Å²) in [5, 5.41) is 5.45. The molecule has 0 aliphatic carbocycles. The molecular formula is C20H16ClFN2O2S. The van der Waals surface area contributed by atoms with E-state index in [0.717, 1.165) is 10.6 Å². The third-order valence-electron chi connectivity index (χ3n) is 3.69. The number of hydrogen-bond donors (Lipinski definition) is 1. The van der Waals surface area contributed by atoms with Gasteiger partial charge in [0.2, 0.25) is 0 Å². The third kappa shape index (κ3) is 4.72. The number of halogens is 2. The Labute approximate surface area is 165 Å². The number of nitrogens with one attached hydrogen (secondary N) is 1. The molecule has 0 unspecified atom stereocenters. The molecule has 0 radical (unpaired) electrons. The fraction of sp³-hybridized carbons (Fsp3) is 0.100. The van der Waals surface area contributed by atoms with E-state index in [1.807, 2.05) is 12.1 Å². The van der Waals surface area contributed by atoms with E-state index in [2.05, 4.69) is 16.9 Å². The smallest absolute Gasteiger partial charge is 0.271 e. The molecule has 0 saturated carbocycles. The minimum absolute atomic E-state index is 0.0374. The fourth-order valence-electron chi connectivity index (χ4n) is 2.29. The van der Waals surface area contributed by atoms with E-state index >= 15 is 0 Å². The molecule has 4 nitrogen and oxygen atoms in total. The molecule has 0 bridgehead atoms. The fourth-order valence-corrected chi connectivity index (χ4v) is 3.31. The van der Waals surface area contributed by atoms with Crippen LogP contribution in [-0.2, 0) is 6.61 Å². The lowest BCUT2D eigenvalue weighted by Crippen LogP contribution is -2.23. The van der Waals surface area contributed by atoms with Gasteiger partial charge in [0, 0.05) is 23.1 Å². The first-order chi connectivity index (χ1) is 13.1. The van der Waals surface area contributed by atoms with Gasteiger partial charge in [-0.25, -0.2) is 9.37 Å². The van der Waals surface area contributed by atoms with E-state index in [9.17, 15) is 9.18 Å². The number of rotatable bonds is 7. The van der Waals surface area contributed by atoms with Crippen LogP contribution >= 0.6 is 22.9 Å². The second-order valence-corrected chi connectivity index (χ2v) is 6.82. The summed E-state index contributed by atoms with van der Waals surface area (Å²) in [6.45, 7) is 3.99. The number of hydrogen-bond acceptors (Lipinski definition) is 4. The predicted molar refractivity (Wildman–Crippen MR) is 106 cm³/mol. The van der Waals surface area contributed by atoms with Crippen LogP contribution in [0.3, 0.4) is 0 Å². The summed E-state index contributed by atoms with van der Waals surface area (Å²) in [4.78, 5) is 16.2. The van der Waals surface area contributed by atoms with Crippen LogP contribution in [0.1, 0.15) is 16.1 Å². The van der Waals surface area contributed by atoms with E-state index in [-0.39, 0.29) is 12.5 Å². The summed E-state index contributed by atoms with van der Waals surface area (Å²) < 4.78 is 19.4. The second kappa shape index (κ2) is 8.79. The van der Waals surface area contributed by atoms with Crippen molar-refractivity contribution < 1.29 is 13.9 Å². The summed E-state index contributed by atoms with van der Waals surface area (Å²) in [5.41, 5.74) is 1.55. The highest BCUT2D eigenvalue weighted by Crippen LogP contribution is 2.27. The number of carbonyl (C=O) groups excluding carboxylic acids is 1. The van der Waals surface area contributed by atoms with Gasteiger partial charge in [0.05, 0.1) is 5.02 Å². The lowest BCUT2D eigenvalue weighted by molar-refractivity contribution is 0.0954. The van der Waals surface area contributed by atoms with Gasteiger partial charge in [-0.2, -0.15) is 0 Å². The molecule has 3 aromatic rings. The standard InChI is InChI=1S/C20H16ClFN2O2S/c1-2-10-23-19(25)18-12-27-20(24-18)13-6-8-14(9-7-13)26-11-15-16(21)4-3-5-17(15)22/h2-9,12H,1,10-11H2,(H,23,25). The molecule has 138 valence electrons. The molecule has 0 aliphatic heterocycles. The molecule has 0 atom stereocenters. The highest BCUT2D eigenvalue weighted by atomic mass is 35.5. The number of ether oxygens (including phenoxy) is 1. The quantitative estimate of drug-likeness (QED) is 0.559. The topological polar surface area (TPSA) is 51.2 Å². The monoisotopic (exact) mass is 402 g/mol. The zero-order chi connectivity index (χ0) is 19.2. The Morgan fingerprint density at radius 3 is 2.78 bits per heavy atom. The van der Waals surface area contributed by atoms with Crippen molar-refractivity contribution in [2.24, 2.45) is 0 Å². The van der Waals surface area contributed by atoms with Gasteiger partial charge in [0.25, 0.3) is 5.91 Å². The van der Waals surface area contributed by atoms with E-state index in [4.69, 9.17) is 16.3 Å². The van der Waals surface area contributed by atoms with Gasteiger partial charge in [-0.15, -0.1) is 17.9 Å². The summed E-state index contributed by atoms with van der Waals surface area (Å²) in [7, 11) is 0. The van der Waals surface area contributed by atoms with E-state index in [1.54, 1.807) is 35.7 Å². The van der Waals surface area contributed by atoms with Gasteiger partial charge < -0.3 is 10.1 Å². The van der Waals surface area contributed by atoms with Crippen molar-refractivity contribution in [3.05, 3.63) is 82.6 Å². The highest BCUT2D eigenvalue weighted by Gasteiger charge is 2.12. The Morgan fingerprint density at radius 1 is 1.30 bits per heavy atom. The van der Waals surface area contributed by atoms with E-state index in [0.29, 0.717) is 28.6 Å². The number of nitrogens with zero attached hydrogens (tertiary/aromatic N) is 1. The van der Waals surface area contributed by atoms with Crippen LogP contribution in [0.5, 0.6) is 5.75 Å². The molecule has 0 aliphatic rings. The highest BCUT2D eigenvalue weighted by molar-refractivity contribution is 7.13. The minimum Gasteiger partial charge on any atom is -0.489 e. The Bertz CT molecular complexity index is 937. The van der Waals surface area contributed by atoms with Crippen molar-refractivity contribution >= 4 is 28.8 Å². The lowest BCUT2D eigenvalue weighted by Gasteiger charge is -2.09. The third-order valence-corrected chi connectivity index (χ3v) is 4.94. The molecule has 1 aromatic heterocycles. The van der Waals surface area contributed by atoms with Gasteiger partial charge in [-0.3, -0.25) is 4.79 Å². The Morgan fingerprint density at radius 2 is 2.07 bits per heavy atom. The van der Waals surface area contributed by atoms with Gasteiger partial charge >= 0.3 is 0 Å². The van der Waals surface area contributed by atoms with Crippen molar-refractivity contribution in [3.63, 3.8) is 0 Å². The number of carbonyl (C=O) groups is 1. The molecule has 1 N–H and O–H groups in total. The number of amides is 1. The SMILES string of the molecule is C=CCNC(=O)c1csc(-c2ccc(OCc3c(F)cccc3Cl)cc2)n1.